The van der Waals surface area contributed by atoms with Crippen LogP contribution in [0, 0.1) is 5.92 Å². The highest BCUT2D eigenvalue weighted by Crippen LogP contribution is 2.22. The number of hydrogen-bond donors (Lipinski definition) is 0. The van der Waals surface area contributed by atoms with Crippen molar-refractivity contribution in [1.82, 2.24) is 4.98 Å². The molecule has 0 spiro atoms. The summed E-state index contributed by atoms with van der Waals surface area (Å²) in [4.78, 5) is 9.07. The Hall–Kier alpha value is -1.90. The van der Waals surface area contributed by atoms with Gasteiger partial charge < -0.3 is 4.74 Å². The van der Waals surface area contributed by atoms with Crippen LogP contribution in [0.3, 0.4) is 0 Å². The third kappa shape index (κ3) is 1.86. The van der Waals surface area contributed by atoms with Crippen molar-refractivity contribution in [2.45, 2.75) is 19.9 Å². The summed E-state index contributed by atoms with van der Waals surface area (Å²) in [6, 6.07) is 10.4. The first-order valence-corrected chi connectivity index (χ1v) is 6.30. The molecule has 2 heterocycles. The van der Waals surface area contributed by atoms with Gasteiger partial charge in [-0.15, -0.1) is 0 Å². The van der Waals surface area contributed by atoms with Crippen molar-refractivity contribution in [1.29, 1.82) is 0 Å². The number of hydrogen-bond acceptors (Lipinski definition) is 3. The third-order valence-corrected chi connectivity index (χ3v) is 3.32. The summed E-state index contributed by atoms with van der Waals surface area (Å²) in [6.45, 7) is 4.99. The number of nitrogens with zero attached hydrogens (tertiary/aromatic N) is 2. The van der Waals surface area contributed by atoms with Gasteiger partial charge in [0.15, 0.2) is 0 Å². The van der Waals surface area contributed by atoms with E-state index in [9.17, 15) is 0 Å². The van der Waals surface area contributed by atoms with E-state index in [1.54, 1.807) is 0 Å². The Balaban J connectivity index is 2.08. The molecule has 0 unspecified atom stereocenters. The van der Waals surface area contributed by atoms with Crippen molar-refractivity contribution in [3.05, 3.63) is 42.2 Å². The van der Waals surface area contributed by atoms with Crippen molar-refractivity contribution < 1.29 is 4.74 Å². The van der Waals surface area contributed by atoms with E-state index in [0.29, 0.717) is 18.4 Å². The van der Waals surface area contributed by atoms with Crippen LogP contribution < -0.4 is 0 Å². The smallest absolute Gasteiger partial charge is 0.236 e. The number of rotatable bonds is 2. The predicted molar refractivity (Wildman–Crippen MR) is 72.9 cm³/mol. The molecule has 1 aromatic heterocycles. The van der Waals surface area contributed by atoms with Crippen LogP contribution in [0.4, 0.5) is 0 Å². The zero-order chi connectivity index (χ0) is 12.5. The highest BCUT2D eigenvalue weighted by molar-refractivity contribution is 6.05. The van der Waals surface area contributed by atoms with Gasteiger partial charge in [0.1, 0.15) is 12.3 Å². The van der Waals surface area contributed by atoms with Crippen LogP contribution in [0.1, 0.15) is 19.5 Å². The first-order valence-electron chi connectivity index (χ1n) is 6.30. The molecular formula is C15H16N2O. The van der Waals surface area contributed by atoms with Gasteiger partial charge >= 0.3 is 0 Å². The van der Waals surface area contributed by atoms with E-state index in [-0.39, 0.29) is 6.04 Å². The van der Waals surface area contributed by atoms with Gasteiger partial charge in [0.05, 0.1) is 6.04 Å². The SMILES string of the molecule is CC(C)[C@H]1COC(c2nccc3ccccc23)=N1. The van der Waals surface area contributed by atoms with Gasteiger partial charge in [-0.3, -0.25) is 4.98 Å². The lowest BCUT2D eigenvalue weighted by molar-refractivity contribution is 0.291. The second-order valence-electron chi connectivity index (χ2n) is 4.94. The number of aliphatic imine (C=N–C) groups is 1. The molecule has 3 heteroatoms. The van der Waals surface area contributed by atoms with Crippen molar-refractivity contribution in [2.75, 3.05) is 6.61 Å². The molecule has 1 atom stereocenters. The molecule has 0 saturated carbocycles. The summed E-state index contributed by atoms with van der Waals surface area (Å²) < 4.78 is 5.71. The Labute approximate surface area is 107 Å². The van der Waals surface area contributed by atoms with Gasteiger partial charge in [-0.2, -0.15) is 0 Å². The Bertz CT molecular complexity index is 599. The topological polar surface area (TPSA) is 34.5 Å². The van der Waals surface area contributed by atoms with Crippen LogP contribution in [0.2, 0.25) is 0 Å². The first-order chi connectivity index (χ1) is 8.75. The molecule has 0 fully saturated rings. The van der Waals surface area contributed by atoms with Crippen molar-refractivity contribution in [3.63, 3.8) is 0 Å². The maximum absolute atomic E-state index is 5.71. The van der Waals surface area contributed by atoms with Crippen LogP contribution in [0.25, 0.3) is 10.8 Å². The van der Waals surface area contributed by atoms with Crippen LogP contribution in [-0.2, 0) is 4.74 Å². The fourth-order valence-electron chi connectivity index (χ4n) is 2.15. The third-order valence-electron chi connectivity index (χ3n) is 3.32. The van der Waals surface area contributed by atoms with Gasteiger partial charge in [-0.05, 0) is 17.4 Å². The average Bonchev–Trinajstić information content (AvgIpc) is 2.87. The number of pyridine rings is 1. The Morgan fingerprint density at radius 2 is 2.06 bits per heavy atom. The van der Waals surface area contributed by atoms with E-state index in [0.717, 1.165) is 11.1 Å². The minimum Gasteiger partial charge on any atom is -0.474 e. The van der Waals surface area contributed by atoms with Crippen LogP contribution in [0.5, 0.6) is 0 Å². The van der Waals surface area contributed by atoms with Gasteiger partial charge in [-0.1, -0.05) is 38.1 Å². The molecular weight excluding hydrogens is 224 g/mol. The second kappa shape index (κ2) is 4.41. The largest absolute Gasteiger partial charge is 0.474 e. The minimum absolute atomic E-state index is 0.251. The molecule has 1 aliphatic heterocycles. The van der Waals surface area contributed by atoms with E-state index in [4.69, 9.17) is 4.74 Å². The molecule has 1 aromatic carbocycles. The lowest BCUT2D eigenvalue weighted by Gasteiger charge is -2.06. The van der Waals surface area contributed by atoms with Crippen molar-refractivity contribution in [2.24, 2.45) is 10.9 Å². The first kappa shape index (κ1) is 11.2. The molecule has 2 aromatic rings. The summed E-state index contributed by atoms with van der Waals surface area (Å²) in [5, 5.41) is 2.27. The quantitative estimate of drug-likeness (QED) is 0.808. The predicted octanol–water partition coefficient (Wildman–Crippen LogP) is 3.04. The summed E-state index contributed by atoms with van der Waals surface area (Å²) >= 11 is 0. The maximum Gasteiger partial charge on any atom is 0.236 e. The monoisotopic (exact) mass is 240 g/mol. The fourth-order valence-corrected chi connectivity index (χ4v) is 2.15. The van der Waals surface area contributed by atoms with Crippen LogP contribution >= 0.6 is 0 Å². The van der Waals surface area contributed by atoms with Gasteiger partial charge in [0.2, 0.25) is 5.90 Å². The number of benzene rings is 1. The average molecular weight is 240 g/mol. The molecule has 0 bridgehead atoms. The molecule has 0 N–H and O–H groups in total. The van der Waals surface area contributed by atoms with E-state index >= 15 is 0 Å². The zero-order valence-electron chi connectivity index (χ0n) is 10.6. The molecule has 0 amide bonds. The maximum atomic E-state index is 5.71. The second-order valence-corrected chi connectivity index (χ2v) is 4.94. The standard InChI is InChI=1S/C15H16N2O/c1-10(2)13-9-18-15(17-13)14-12-6-4-3-5-11(12)7-8-16-14/h3-8,10,13H,9H2,1-2H3/t13-/m1/s1. The molecule has 3 rings (SSSR count). The lowest BCUT2D eigenvalue weighted by atomic mass is 10.1. The molecule has 18 heavy (non-hydrogen) atoms. The normalized spacial score (nSPS) is 19.1. The van der Waals surface area contributed by atoms with Gasteiger partial charge in [0.25, 0.3) is 0 Å². The summed E-state index contributed by atoms with van der Waals surface area (Å²) in [6.07, 6.45) is 1.81. The zero-order valence-corrected chi connectivity index (χ0v) is 10.6. The highest BCUT2D eigenvalue weighted by Gasteiger charge is 2.24. The number of aromatic nitrogens is 1. The van der Waals surface area contributed by atoms with E-state index < -0.39 is 0 Å². The molecule has 0 radical (unpaired) electrons. The lowest BCUT2D eigenvalue weighted by Crippen LogP contribution is -2.13. The number of fused-ring (bicyclic) bond motifs is 1. The summed E-state index contributed by atoms with van der Waals surface area (Å²) in [5.74, 6) is 1.18. The highest BCUT2D eigenvalue weighted by atomic mass is 16.5. The van der Waals surface area contributed by atoms with Gasteiger partial charge in [0, 0.05) is 11.6 Å². The van der Waals surface area contributed by atoms with E-state index in [2.05, 4.69) is 36.0 Å². The van der Waals surface area contributed by atoms with E-state index in [1.165, 1.54) is 5.39 Å². The molecule has 0 saturated heterocycles. The summed E-state index contributed by atoms with van der Waals surface area (Å²) in [5.41, 5.74) is 0.858. The molecule has 3 nitrogen and oxygen atoms in total. The Morgan fingerprint density at radius 1 is 1.22 bits per heavy atom. The van der Waals surface area contributed by atoms with E-state index in [1.807, 2.05) is 24.4 Å². The van der Waals surface area contributed by atoms with Crippen molar-refractivity contribution >= 4 is 16.7 Å². The molecule has 1 aliphatic rings. The fraction of sp³-hybridized carbons (Fsp3) is 0.333. The molecule has 0 aliphatic carbocycles. The van der Waals surface area contributed by atoms with Crippen LogP contribution in [-0.4, -0.2) is 23.5 Å². The summed E-state index contributed by atoms with van der Waals surface area (Å²) in [7, 11) is 0. The van der Waals surface area contributed by atoms with Crippen LogP contribution in [0.15, 0.2) is 41.5 Å². The Morgan fingerprint density at radius 3 is 2.83 bits per heavy atom. The van der Waals surface area contributed by atoms with Gasteiger partial charge in [-0.25, -0.2) is 4.99 Å². The Kier molecular flexibility index (Phi) is 2.74. The van der Waals surface area contributed by atoms with Crippen molar-refractivity contribution in [3.8, 4) is 0 Å². The minimum atomic E-state index is 0.251. The molecule has 92 valence electrons. The number of ether oxygens (including phenoxy) is 1.